The Hall–Kier alpha value is -2.62. The summed E-state index contributed by atoms with van der Waals surface area (Å²) in [5, 5.41) is 0. The zero-order valence-electron chi connectivity index (χ0n) is 20.1. The summed E-state index contributed by atoms with van der Waals surface area (Å²) >= 11 is 0. The van der Waals surface area contributed by atoms with Crippen LogP contribution in [0, 0.1) is 19.8 Å². The van der Waals surface area contributed by atoms with Gasteiger partial charge in [0.15, 0.2) is 0 Å². The minimum absolute atomic E-state index is 0.729. The fourth-order valence-corrected chi connectivity index (χ4v) is 3.94. The predicted octanol–water partition coefficient (Wildman–Crippen LogP) is 7.49. The van der Waals surface area contributed by atoms with E-state index < -0.39 is 0 Å². The van der Waals surface area contributed by atoms with Crippen LogP contribution in [0.5, 0.6) is 0 Å². The van der Waals surface area contributed by atoms with E-state index >= 15 is 0 Å². The maximum absolute atomic E-state index is 4.56. The summed E-state index contributed by atoms with van der Waals surface area (Å²) in [6.07, 6.45) is 5.43. The van der Waals surface area contributed by atoms with Crippen molar-refractivity contribution in [1.82, 2.24) is 19.1 Å². The molecular weight excluding hydrogens is 380 g/mol. The first-order chi connectivity index (χ1) is 15.2. The van der Waals surface area contributed by atoms with Crippen LogP contribution in [0.1, 0.15) is 71.1 Å². The van der Waals surface area contributed by atoms with Crippen molar-refractivity contribution in [2.75, 3.05) is 0 Å². The van der Waals surface area contributed by atoms with Crippen LogP contribution in [0.3, 0.4) is 0 Å². The standard InChI is InChI=1S/C12H14N2.C11H12N2.2C2H6/c1-9-13-11-4-2-3-5-12(11)14(9)8-10-6-7-10;1-8-12-10-4-2-3-5-11(10)13(8)9-6-7-9;2*1-2/h2-5,10H,6-8H2,1H3;2-5,9H,6-7H2,1H3;2*1-2H3. The highest BCUT2D eigenvalue weighted by Crippen LogP contribution is 2.38. The number of hydrogen-bond donors (Lipinski definition) is 0. The predicted molar refractivity (Wildman–Crippen MR) is 133 cm³/mol. The molecule has 0 N–H and O–H groups in total. The van der Waals surface area contributed by atoms with Crippen molar-refractivity contribution in [3.05, 3.63) is 60.2 Å². The number of aromatic nitrogens is 4. The summed E-state index contributed by atoms with van der Waals surface area (Å²) in [6.45, 7) is 13.4. The largest absolute Gasteiger partial charge is 0.328 e. The quantitative estimate of drug-likeness (QED) is 0.345. The van der Waals surface area contributed by atoms with Crippen molar-refractivity contribution < 1.29 is 0 Å². The lowest BCUT2D eigenvalue weighted by atomic mass is 10.3. The fraction of sp³-hybridized carbons (Fsp3) is 0.481. The molecule has 0 saturated heterocycles. The molecule has 2 aliphatic rings. The monoisotopic (exact) mass is 418 g/mol. The molecule has 4 heteroatoms. The number of nitrogens with zero attached hydrogens (tertiary/aromatic N) is 4. The molecule has 2 aromatic heterocycles. The van der Waals surface area contributed by atoms with Crippen molar-refractivity contribution in [2.45, 2.75) is 79.8 Å². The number of aryl methyl sites for hydroxylation is 2. The molecule has 0 atom stereocenters. The minimum atomic E-state index is 0.729. The normalized spacial score (nSPS) is 14.8. The van der Waals surface area contributed by atoms with Gasteiger partial charge in [0.25, 0.3) is 0 Å². The number of fused-ring (bicyclic) bond motifs is 2. The molecule has 0 radical (unpaired) electrons. The highest BCUT2D eigenvalue weighted by atomic mass is 15.1. The zero-order chi connectivity index (χ0) is 22.4. The van der Waals surface area contributed by atoms with Crippen LogP contribution in [-0.2, 0) is 6.54 Å². The summed E-state index contributed by atoms with van der Waals surface area (Å²) in [5.41, 5.74) is 4.84. The van der Waals surface area contributed by atoms with Crippen LogP contribution in [-0.4, -0.2) is 19.1 Å². The van der Waals surface area contributed by atoms with E-state index in [2.05, 4.69) is 75.4 Å². The topological polar surface area (TPSA) is 35.6 Å². The molecule has 166 valence electrons. The lowest BCUT2D eigenvalue weighted by molar-refractivity contribution is 0.626. The summed E-state index contributed by atoms with van der Waals surface area (Å²) in [5.74, 6) is 3.22. The molecule has 2 fully saturated rings. The number of hydrogen-bond acceptors (Lipinski definition) is 2. The average molecular weight is 419 g/mol. The summed E-state index contributed by atoms with van der Waals surface area (Å²) in [7, 11) is 0. The first-order valence-corrected chi connectivity index (χ1v) is 12.1. The Morgan fingerprint density at radius 2 is 1.23 bits per heavy atom. The van der Waals surface area contributed by atoms with Gasteiger partial charge in [-0.15, -0.1) is 0 Å². The Balaban J connectivity index is 0.000000152. The number of imidazole rings is 2. The summed E-state index contributed by atoms with van der Waals surface area (Å²) < 4.78 is 4.72. The Morgan fingerprint density at radius 1 is 0.710 bits per heavy atom. The van der Waals surface area contributed by atoms with E-state index in [0.29, 0.717) is 0 Å². The molecule has 2 aromatic carbocycles. The Morgan fingerprint density at radius 3 is 1.81 bits per heavy atom. The Kier molecular flexibility index (Phi) is 7.89. The van der Waals surface area contributed by atoms with Gasteiger partial charge in [-0.2, -0.15) is 0 Å². The van der Waals surface area contributed by atoms with E-state index in [1.54, 1.807) is 0 Å². The van der Waals surface area contributed by atoms with Gasteiger partial charge >= 0.3 is 0 Å². The minimum Gasteiger partial charge on any atom is -0.328 e. The Labute approximate surface area is 187 Å². The first kappa shape index (κ1) is 23.1. The molecule has 2 aliphatic carbocycles. The molecule has 0 amide bonds. The molecule has 4 nitrogen and oxygen atoms in total. The average Bonchev–Trinajstić information content (AvgIpc) is 3.74. The van der Waals surface area contributed by atoms with Gasteiger partial charge < -0.3 is 9.13 Å². The second-order valence-electron chi connectivity index (χ2n) is 7.95. The van der Waals surface area contributed by atoms with Crippen LogP contribution in [0.4, 0.5) is 0 Å². The molecule has 0 unspecified atom stereocenters. The van der Waals surface area contributed by atoms with Crippen molar-refractivity contribution >= 4 is 22.1 Å². The SMILES string of the molecule is CC.CC.Cc1nc2ccccc2n1C1CC1.Cc1nc2ccccc2n1CC1CC1. The van der Waals surface area contributed by atoms with Crippen LogP contribution in [0.25, 0.3) is 22.1 Å². The van der Waals surface area contributed by atoms with E-state index in [0.717, 1.165) is 41.2 Å². The van der Waals surface area contributed by atoms with Crippen molar-refractivity contribution in [3.63, 3.8) is 0 Å². The molecule has 4 aromatic rings. The van der Waals surface area contributed by atoms with E-state index in [1.807, 2.05) is 33.8 Å². The second-order valence-corrected chi connectivity index (χ2v) is 7.95. The lowest BCUT2D eigenvalue weighted by Gasteiger charge is -2.04. The smallest absolute Gasteiger partial charge is 0.106 e. The molecule has 2 heterocycles. The van der Waals surface area contributed by atoms with Crippen LogP contribution in [0.2, 0.25) is 0 Å². The highest BCUT2D eigenvalue weighted by Gasteiger charge is 2.26. The molecule has 6 rings (SSSR count). The third-order valence-electron chi connectivity index (χ3n) is 5.67. The number of rotatable bonds is 3. The highest BCUT2D eigenvalue weighted by molar-refractivity contribution is 5.76. The van der Waals surface area contributed by atoms with Gasteiger partial charge in [0.05, 0.1) is 22.1 Å². The third-order valence-corrected chi connectivity index (χ3v) is 5.67. The zero-order valence-corrected chi connectivity index (χ0v) is 20.1. The van der Waals surface area contributed by atoms with E-state index in [1.165, 1.54) is 36.7 Å². The maximum atomic E-state index is 4.56. The molecule has 2 saturated carbocycles. The summed E-state index contributed by atoms with van der Waals surface area (Å²) in [6, 6.07) is 17.5. The van der Waals surface area contributed by atoms with Gasteiger partial charge in [0, 0.05) is 12.6 Å². The number of para-hydroxylation sites is 4. The molecule has 0 bridgehead atoms. The van der Waals surface area contributed by atoms with Gasteiger partial charge in [-0.3, -0.25) is 0 Å². The van der Waals surface area contributed by atoms with Crippen molar-refractivity contribution in [3.8, 4) is 0 Å². The third kappa shape index (κ3) is 5.36. The Bertz CT molecular complexity index is 1100. The van der Waals surface area contributed by atoms with Crippen LogP contribution >= 0.6 is 0 Å². The van der Waals surface area contributed by atoms with Gasteiger partial charge in [0.2, 0.25) is 0 Å². The summed E-state index contributed by atoms with van der Waals surface area (Å²) in [4.78, 5) is 9.09. The van der Waals surface area contributed by atoms with E-state index in [-0.39, 0.29) is 0 Å². The first-order valence-electron chi connectivity index (χ1n) is 12.1. The number of benzene rings is 2. The molecule has 31 heavy (non-hydrogen) atoms. The van der Waals surface area contributed by atoms with Crippen LogP contribution < -0.4 is 0 Å². The van der Waals surface area contributed by atoms with Crippen molar-refractivity contribution in [2.24, 2.45) is 5.92 Å². The van der Waals surface area contributed by atoms with Gasteiger partial charge in [-0.25, -0.2) is 9.97 Å². The van der Waals surface area contributed by atoms with E-state index in [9.17, 15) is 0 Å². The maximum Gasteiger partial charge on any atom is 0.106 e. The van der Waals surface area contributed by atoms with Gasteiger partial charge in [-0.1, -0.05) is 52.0 Å². The second kappa shape index (κ2) is 10.6. The van der Waals surface area contributed by atoms with Gasteiger partial charge in [0.1, 0.15) is 11.6 Å². The van der Waals surface area contributed by atoms with Gasteiger partial charge in [-0.05, 0) is 69.7 Å². The fourth-order valence-electron chi connectivity index (χ4n) is 3.94. The van der Waals surface area contributed by atoms with E-state index in [4.69, 9.17) is 0 Å². The molecular formula is C27H38N4. The van der Waals surface area contributed by atoms with Crippen LogP contribution in [0.15, 0.2) is 48.5 Å². The molecule has 0 aliphatic heterocycles. The van der Waals surface area contributed by atoms with Crippen molar-refractivity contribution in [1.29, 1.82) is 0 Å². The lowest BCUT2D eigenvalue weighted by Crippen LogP contribution is -2.01. The molecule has 0 spiro atoms.